The van der Waals surface area contributed by atoms with E-state index in [0.29, 0.717) is 19.6 Å². The minimum absolute atomic E-state index is 0.00778. The van der Waals surface area contributed by atoms with Crippen LogP contribution in [0.3, 0.4) is 0 Å². The second-order valence-corrected chi connectivity index (χ2v) is 7.66. The molecule has 0 unspecified atom stereocenters. The van der Waals surface area contributed by atoms with E-state index >= 15 is 0 Å². The van der Waals surface area contributed by atoms with Crippen LogP contribution in [-0.2, 0) is 21.4 Å². The van der Waals surface area contributed by atoms with Gasteiger partial charge in [0.25, 0.3) is 0 Å². The van der Waals surface area contributed by atoms with Crippen molar-refractivity contribution in [3.8, 4) is 0 Å². The van der Waals surface area contributed by atoms with Crippen LogP contribution in [0.25, 0.3) is 0 Å². The Balaban J connectivity index is 1.93. The highest BCUT2D eigenvalue weighted by molar-refractivity contribution is 7.89. The van der Waals surface area contributed by atoms with Crippen molar-refractivity contribution in [3.63, 3.8) is 0 Å². The maximum Gasteiger partial charge on any atom is 0.240 e. The van der Waals surface area contributed by atoms with Gasteiger partial charge in [-0.3, -0.25) is 4.79 Å². The van der Waals surface area contributed by atoms with Crippen LogP contribution in [0.4, 0.5) is 0 Å². The molecule has 0 aromatic heterocycles. The Labute approximate surface area is 137 Å². The maximum atomic E-state index is 12.2. The van der Waals surface area contributed by atoms with Crippen molar-refractivity contribution in [1.29, 1.82) is 0 Å². The van der Waals surface area contributed by atoms with Crippen molar-refractivity contribution in [2.75, 3.05) is 13.1 Å². The summed E-state index contributed by atoms with van der Waals surface area (Å²) in [5, 5.41) is 2.93. The van der Waals surface area contributed by atoms with Gasteiger partial charge in [-0.15, -0.1) is 0 Å². The van der Waals surface area contributed by atoms with Gasteiger partial charge in [-0.2, -0.15) is 0 Å². The number of carbonyl (C=O) groups is 1. The molecule has 23 heavy (non-hydrogen) atoms. The lowest BCUT2D eigenvalue weighted by Crippen LogP contribution is -2.34. The normalized spacial score (nSPS) is 21.3. The largest absolute Gasteiger partial charge is 0.352 e. The van der Waals surface area contributed by atoms with E-state index in [9.17, 15) is 13.2 Å². The number of rotatable bonds is 7. The predicted octanol–water partition coefficient (Wildman–Crippen LogP) is 0.976. The molecular formula is C16H25N3O3S. The molecule has 0 bridgehead atoms. The van der Waals surface area contributed by atoms with Crippen molar-refractivity contribution in [2.24, 2.45) is 17.6 Å². The molecule has 1 amide bonds. The zero-order chi connectivity index (χ0) is 16.9. The van der Waals surface area contributed by atoms with Gasteiger partial charge in [-0.05, 0) is 43.0 Å². The highest BCUT2D eigenvalue weighted by Crippen LogP contribution is 2.30. The van der Waals surface area contributed by atoms with Crippen molar-refractivity contribution in [1.82, 2.24) is 10.0 Å². The van der Waals surface area contributed by atoms with Gasteiger partial charge in [-0.25, -0.2) is 13.1 Å². The molecule has 7 heteroatoms. The first-order valence-corrected chi connectivity index (χ1v) is 9.52. The van der Waals surface area contributed by atoms with E-state index in [-0.39, 0.29) is 22.6 Å². The second-order valence-electron chi connectivity index (χ2n) is 5.90. The van der Waals surface area contributed by atoms with Gasteiger partial charge >= 0.3 is 0 Å². The zero-order valence-electron chi connectivity index (χ0n) is 13.4. The molecule has 0 saturated heterocycles. The number of benzene rings is 1. The SMILES string of the molecule is CCNS(=O)(=O)c1ccc(CNC(=O)[C@@H]2CCC[C@@H]2CN)cc1. The molecule has 128 valence electrons. The minimum Gasteiger partial charge on any atom is -0.352 e. The number of amides is 1. The van der Waals surface area contributed by atoms with E-state index in [1.807, 2.05) is 0 Å². The fourth-order valence-corrected chi connectivity index (χ4v) is 4.09. The average Bonchev–Trinajstić information content (AvgIpc) is 3.01. The first-order chi connectivity index (χ1) is 11.0. The first-order valence-electron chi connectivity index (χ1n) is 8.04. The van der Waals surface area contributed by atoms with Crippen LogP contribution in [0.5, 0.6) is 0 Å². The summed E-state index contributed by atoms with van der Waals surface area (Å²) < 4.78 is 26.2. The lowest BCUT2D eigenvalue weighted by atomic mass is 9.95. The summed E-state index contributed by atoms with van der Waals surface area (Å²) in [5.74, 6) is 0.332. The summed E-state index contributed by atoms with van der Waals surface area (Å²) in [6.07, 6.45) is 2.97. The van der Waals surface area contributed by atoms with Crippen molar-refractivity contribution in [3.05, 3.63) is 29.8 Å². The molecule has 1 aromatic carbocycles. The van der Waals surface area contributed by atoms with Gasteiger partial charge in [-0.1, -0.05) is 25.5 Å². The Morgan fingerprint density at radius 1 is 1.26 bits per heavy atom. The summed E-state index contributed by atoms with van der Waals surface area (Å²) in [5.41, 5.74) is 6.58. The minimum atomic E-state index is -3.43. The Morgan fingerprint density at radius 2 is 1.96 bits per heavy atom. The summed E-state index contributed by atoms with van der Waals surface area (Å²) in [6.45, 7) is 3.03. The Bertz CT molecular complexity index is 628. The number of sulfonamides is 1. The molecule has 0 radical (unpaired) electrons. The third-order valence-electron chi connectivity index (χ3n) is 4.33. The van der Waals surface area contributed by atoms with Crippen LogP contribution in [0.2, 0.25) is 0 Å². The van der Waals surface area contributed by atoms with Crippen molar-refractivity contribution in [2.45, 2.75) is 37.6 Å². The van der Waals surface area contributed by atoms with Gasteiger partial charge in [0.1, 0.15) is 0 Å². The molecule has 0 aliphatic heterocycles. The Morgan fingerprint density at radius 3 is 2.57 bits per heavy atom. The molecule has 2 atom stereocenters. The predicted molar refractivity (Wildman–Crippen MR) is 89.0 cm³/mol. The molecule has 0 spiro atoms. The van der Waals surface area contributed by atoms with E-state index < -0.39 is 10.0 Å². The summed E-state index contributed by atoms with van der Waals surface area (Å²) in [7, 11) is -3.43. The van der Waals surface area contributed by atoms with Crippen LogP contribution in [-0.4, -0.2) is 27.4 Å². The highest BCUT2D eigenvalue weighted by Gasteiger charge is 2.31. The number of nitrogens with two attached hydrogens (primary N) is 1. The standard InChI is InChI=1S/C16H25N3O3S/c1-2-19-23(21,22)14-8-6-12(7-9-14)11-18-16(20)15-5-3-4-13(15)10-17/h6-9,13,15,19H,2-5,10-11,17H2,1H3,(H,18,20)/t13-,15-/m1/s1. The monoisotopic (exact) mass is 339 g/mol. The van der Waals surface area contributed by atoms with Crippen LogP contribution >= 0.6 is 0 Å². The van der Waals surface area contributed by atoms with E-state index in [1.54, 1.807) is 31.2 Å². The van der Waals surface area contributed by atoms with Gasteiger partial charge < -0.3 is 11.1 Å². The van der Waals surface area contributed by atoms with Crippen molar-refractivity contribution < 1.29 is 13.2 Å². The molecule has 1 saturated carbocycles. The fraction of sp³-hybridized carbons (Fsp3) is 0.562. The lowest BCUT2D eigenvalue weighted by molar-refractivity contribution is -0.126. The Hall–Kier alpha value is -1.44. The number of carbonyl (C=O) groups excluding carboxylic acids is 1. The number of hydrogen-bond donors (Lipinski definition) is 3. The van der Waals surface area contributed by atoms with E-state index in [2.05, 4.69) is 10.0 Å². The second kappa shape index (κ2) is 7.90. The Kier molecular flexibility index (Phi) is 6.15. The molecule has 6 nitrogen and oxygen atoms in total. The summed E-state index contributed by atoms with van der Waals surface area (Å²) in [6, 6.07) is 6.55. The molecule has 1 aromatic rings. The van der Waals surface area contributed by atoms with Crippen molar-refractivity contribution >= 4 is 15.9 Å². The van der Waals surface area contributed by atoms with E-state index in [4.69, 9.17) is 5.73 Å². The summed E-state index contributed by atoms with van der Waals surface area (Å²) in [4.78, 5) is 12.5. The van der Waals surface area contributed by atoms with E-state index in [0.717, 1.165) is 24.8 Å². The van der Waals surface area contributed by atoms with E-state index in [1.165, 1.54) is 0 Å². The molecule has 4 N–H and O–H groups in total. The average molecular weight is 339 g/mol. The molecular weight excluding hydrogens is 314 g/mol. The molecule has 1 aliphatic carbocycles. The molecule has 0 heterocycles. The summed E-state index contributed by atoms with van der Waals surface area (Å²) >= 11 is 0. The number of nitrogens with one attached hydrogen (secondary N) is 2. The third kappa shape index (κ3) is 4.53. The maximum absolute atomic E-state index is 12.2. The first kappa shape index (κ1) is 17.9. The van der Waals surface area contributed by atoms with Gasteiger partial charge in [0.05, 0.1) is 4.90 Å². The van der Waals surface area contributed by atoms with Crippen LogP contribution < -0.4 is 15.8 Å². The van der Waals surface area contributed by atoms with Crippen LogP contribution in [0, 0.1) is 11.8 Å². The molecule has 1 fully saturated rings. The zero-order valence-corrected chi connectivity index (χ0v) is 14.2. The quantitative estimate of drug-likeness (QED) is 0.689. The fourth-order valence-electron chi connectivity index (χ4n) is 3.04. The van der Waals surface area contributed by atoms with Gasteiger partial charge in [0, 0.05) is 19.0 Å². The molecule has 1 aliphatic rings. The lowest BCUT2D eigenvalue weighted by Gasteiger charge is -2.17. The van der Waals surface area contributed by atoms with Crippen LogP contribution in [0.15, 0.2) is 29.2 Å². The smallest absolute Gasteiger partial charge is 0.240 e. The van der Waals surface area contributed by atoms with Gasteiger partial charge in [0.2, 0.25) is 15.9 Å². The molecule has 2 rings (SSSR count). The highest BCUT2D eigenvalue weighted by atomic mass is 32.2. The topological polar surface area (TPSA) is 101 Å². The number of hydrogen-bond acceptors (Lipinski definition) is 4. The third-order valence-corrected chi connectivity index (χ3v) is 5.89. The van der Waals surface area contributed by atoms with Gasteiger partial charge in [0.15, 0.2) is 0 Å². The van der Waals surface area contributed by atoms with Crippen LogP contribution in [0.1, 0.15) is 31.7 Å².